The number of hydrogen-bond acceptors (Lipinski definition) is 1. The van der Waals surface area contributed by atoms with E-state index in [2.05, 4.69) is 4.99 Å². The molecule has 22 heavy (non-hydrogen) atoms. The Kier molecular flexibility index (Phi) is 5.09. The Morgan fingerprint density at radius 3 is 2.27 bits per heavy atom. The molecule has 4 N–H and O–H groups in total. The van der Waals surface area contributed by atoms with Crippen LogP contribution in [0, 0.1) is 6.92 Å². The number of aliphatic imine (C=N–C) groups is 1. The van der Waals surface area contributed by atoms with Gasteiger partial charge >= 0.3 is 0 Å². The van der Waals surface area contributed by atoms with Crippen LogP contribution < -0.4 is 11.5 Å². The van der Waals surface area contributed by atoms with Gasteiger partial charge in [0.25, 0.3) is 5.91 Å². The maximum atomic E-state index is 12.2. The average molecular weight is 293 g/mol. The molecule has 0 heterocycles. The van der Waals surface area contributed by atoms with E-state index in [1.54, 1.807) is 0 Å². The lowest BCUT2D eigenvalue weighted by molar-refractivity contribution is -0.118. The highest BCUT2D eigenvalue weighted by Gasteiger charge is 2.17. The van der Waals surface area contributed by atoms with Crippen LogP contribution in [0.25, 0.3) is 6.08 Å². The summed E-state index contributed by atoms with van der Waals surface area (Å²) in [6.45, 7) is 2.03. The second-order valence-electron chi connectivity index (χ2n) is 5.03. The molecule has 0 aliphatic rings. The summed E-state index contributed by atoms with van der Waals surface area (Å²) in [4.78, 5) is 15.9. The molecule has 0 aliphatic carbocycles. The first-order valence-corrected chi connectivity index (χ1v) is 6.99. The lowest BCUT2D eigenvalue weighted by Crippen LogP contribution is -2.25. The van der Waals surface area contributed by atoms with Crippen molar-refractivity contribution in [3.63, 3.8) is 0 Å². The van der Waals surface area contributed by atoms with Gasteiger partial charge in [-0.2, -0.15) is 4.99 Å². The van der Waals surface area contributed by atoms with Crippen molar-refractivity contribution in [3.05, 3.63) is 77.4 Å². The van der Waals surface area contributed by atoms with Crippen molar-refractivity contribution >= 4 is 17.9 Å². The van der Waals surface area contributed by atoms with Crippen LogP contribution in [0.5, 0.6) is 0 Å². The predicted molar refractivity (Wildman–Crippen MR) is 90.2 cm³/mol. The van der Waals surface area contributed by atoms with Crippen molar-refractivity contribution in [2.24, 2.45) is 16.5 Å². The van der Waals surface area contributed by atoms with E-state index in [1.165, 1.54) is 5.56 Å². The summed E-state index contributed by atoms with van der Waals surface area (Å²) in [5, 5.41) is 0. The van der Waals surface area contributed by atoms with Crippen LogP contribution in [-0.2, 0) is 4.79 Å². The molecule has 0 fully saturated rings. The number of guanidine groups is 1. The summed E-state index contributed by atoms with van der Waals surface area (Å²) in [5.74, 6) is -1.12. The number of rotatable bonds is 4. The first-order chi connectivity index (χ1) is 10.6. The van der Waals surface area contributed by atoms with Gasteiger partial charge in [-0.05, 0) is 18.1 Å². The molecule has 0 spiro atoms. The van der Waals surface area contributed by atoms with E-state index in [4.69, 9.17) is 11.5 Å². The van der Waals surface area contributed by atoms with Gasteiger partial charge in [0.05, 0.1) is 5.92 Å². The molecule has 2 aromatic rings. The maximum Gasteiger partial charge on any atom is 0.260 e. The first-order valence-electron chi connectivity index (χ1n) is 6.99. The molecular weight excluding hydrogens is 274 g/mol. The van der Waals surface area contributed by atoms with Crippen LogP contribution in [0.3, 0.4) is 0 Å². The fraction of sp³-hybridized carbons (Fsp3) is 0.111. The fourth-order valence-electron chi connectivity index (χ4n) is 2.08. The Morgan fingerprint density at radius 1 is 1.05 bits per heavy atom. The van der Waals surface area contributed by atoms with Gasteiger partial charge in [-0.25, -0.2) is 0 Å². The molecule has 1 unspecified atom stereocenters. The van der Waals surface area contributed by atoms with E-state index in [9.17, 15) is 4.79 Å². The van der Waals surface area contributed by atoms with Gasteiger partial charge in [0.15, 0.2) is 5.96 Å². The number of amides is 1. The van der Waals surface area contributed by atoms with Gasteiger partial charge in [-0.15, -0.1) is 0 Å². The average Bonchev–Trinajstić information content (AvgIpc) is 2.50. The van der Waals surface area contributed by atoms with Crippen molar-refractivity contribution in [2.75, 3.05) is 0 Å². The fourth-order valence-corrected chi connectivity index (χ4v) is 2.08. The Morgan fingerprint density at radius 2 is 1.68 bits per heavy atom. The summed E-state index contributed by atoms with van der Waals surface area (Å²) < 4.78 is 0. The smallest absolute Gasteiger partial charge is 0.260 e. The zero-order valence-corrected chi connectivity index (χ0v) is 12.4. The van der Waals surface area contributed by atoms with Crippen LogP contribution in [0.1, 0.15) is 22.6 Å². The van der Waals surface area contributed by atoms with Crippen LogP contribution in [-0.4, -0.2) is 11.9 Å². The highest BCUT2D eigenvalue weighted by molar-refractivity contribution is 5.96. The van der Waals surface area contributed by atoms with Gasteiger partial charge in [0.1, 0.15) is 0 Å². The number of nitrogens with zero attached hydrogens (tertiary/aromatic N) is 1. The zero-order chi connectivity index (χ0) is 15.9. The largest absolute Gasteiger partial charge is 0.370 e. The number of aryl methyl sites for hydroxylation is 1. The SMILES string of the molecule is Cc1ccc(/C=C/C(C(=O)N=C(N)N)c2ccccc2)cc1. The standard InChI is InChI=1S/C18H19N3O/c1-13-7-9-14(10-8-13)11-12-16(17(22)21-18(19)20)15-5-3-2-4-6-15/h2-12,16H,1H3,(H4,19,20,21,22)/b12-11+. The highest BCUT2D eigenvalue weighted by Crippen LogP contribution is 2.20. The van der Waals surface area contributed by atoms with E-state index in [0.29, 0.717) is 0 Å². The number of carbonyl (C=O) groups excluding carboxylic acids is 1. The molecule has 1 amide bonds. The molecular formula is C18H19N3O. The van der Waals surface area contributed by atoms with E-state index in [-0.39, 0.29) is 11.9 Å². The topological polar surface area (TPSA) is 81.5 Å². The maximum absolute atomic E-state index is 12.2. The Bertz CT molecular complexity index is 684. The minimum Gasteiger partial charge on any atom is -0.370 e. The third-order valence-electron chi connectivity index (χ3n) is 3.22. The van der Waals surface area contributed by atoms with Crippen LogP contribution in [0.4, 0.5) is 0 Å². The quantitative estimate of drug-likeness (QED) is 0.671. The number of benzene rings is 2. The molecule has 0 saturated carbocycles. The second kappa shape index (κ2) is 7.22. The van der Waals surface area contributed by atoms with Gasteiger partial charge in [0.2, 0.25) is 0 Å². The molecule has 4 nitrogen and oxygen atoms in total. The van der Waals surface area contributed by atoms with Crippen molar-refractivity contribution < 1.29 is 4.79 Å². The summed E-state index contributed by atoms with van der Waals surface area (Å²) in [7, 11) is 0. The van der Waals surface area contributed by atoms with E-state index < -0.39 is 5.92 Å². The molecule has 1 atom stereocenters. The van der Waals surface area contributed by atoms with E-state index >= 15 is 0 Å². The lowest BCUT2D eigenvalue weighted by atomic mass is 9.97. The van der Waals surface area contributed by atoms with Crippen molar-refractivity contribution in [2.45, 2.75) is 12.8 Å². The zero-order valence-electron chi connectivity index (χ0n) is 12.4. The molecule has 0 radical (unpaired) electrons. The van der Waals surface area contributed by atoms with E-state index in [1.807, 2.05) is 73.7 Å². The predicted octanol–water partition coefficient (Wildman–Crippen LogP) is 2.59. The number of hydrogen-bond donors (Lipinski definition) is 2. The summed E-state index contributed by atoms with van der Waals surface area (Å²) in [6.07, 6.45) is 3.71. The van der Waals surface area contributed by atoms with Crippen LogP contribution in [0.15, 0.2) is 65.7 Å². The van der Waals surface area contributed by atoms with Gasteiger partial charge < -0.3 is 11.5 Å². The molecule has 2 aromatic carbocycles. The monoisotopic (exact) mass is 293 g/mol. The van der Waals surface area contributed by atoms with Crippen molar-refractivity contribution in [1.82, 2.24) is 0 Å². The third kappa shape index (κ3) is 4.31. The normalized spacial score (nSPS) is 12.0. The second-order valence-corrected chi connectivity index (χ2v) is 5.03. The van der Waals surface area contributed by atoms with E-state index in [0.717, 1.165) is 11.1 Å². The Balaban J connectivity index is 2.30. The third-order valence-corrected chi connectivity index (χ3v) is 3.22. The number of nitrogens with two attached hydrogens (primary N) is 2. The molecule has 4 heteroatoms. The highest BCUT2D eigenvalue weighted by atomic mass is 16.1. The molecule has 0 bridgehead atoms. The van der Waals surface area contributed by atoms with Gasteiger partial charge in [-0.1, -0.05) is 72.3 Å². The minimum atomic E-state index is -0.510. The molecule has 2 rings (SSSR count). The van der Waals surface area contributed by atoms with Crippen LogP contribution >= 0.6 is 0 Å². The molecule has 0 aliphatic heterocycles. The minimum absolute atomic E-state index is 0.227. The van der Waals surface area contributed by atoms with Gasteiger partial charge in [0, 0.05) is 0 Å². The summed E-state index contributed by atoms with van der Waals surface area (Å²) in [5.41, 5.74) is 13.7. The molecule has 112 valence electrons. The van der Waals surface area contributed by atoms with Crippen molar-refractivity contribution in [1.29, 1.82) is 0 Å². The van der Waals surface area contributed by atoms with Crippen molar-refractivity contribution in [3.8, 4) is 0 Å². The Hall–Kier alpha value is -2.88. The summed E-state index contributed by atoms with van der Waals surface area (Å²) >= 11 is 0. The van der Waals surface area contributed by atoms with Crippen LogP contribution in [0.2, 0.25) is 0 Å². The summed E-state index contributed by atoms with van der Waals surface area (Å²) in [6, 6.07) is 17.5. The number of carbonyl (C=O) groups is 1. The van der Waals surface area contributed by atoms with Gasteiger partial charge in [-0.3, -0.25) is 4.79 Å². The lowest BCUT2D eigenvalue weighted by Gasteiger charge is -2.09. The molecule has 0 aromatic heterocycles. The Labute approximate surface area is 130 Å². The first kappa shape index (κ1) is 15.5. The molecule has 0 saturated heterocycles.